The third-order valence-corrected chi connectivity index (χ3v) is 5.32. The second kappa shape index (κ2) is 6.16. The van der Waals surface area contributed by atoms with Gasteiger partial charge in [0.15, 0.2) is 6.61 Å². The number of hydrogen-bond donors (Lipinski definition) is 1. The maximum absolute atomic E-state index is 12.6. The van der Waals surface area contributed by atoms with Crippen molar-refractivity contribution in [2.24, 2.45) is 0 Å². The van der Waals surface area contributed by atoms with Crippen LogP contribution in [-0.4, -0.2) is 28.0 Å². The molecule has 0 aromatic heterocycles. The zero-order valence-electron chi connectivity index (χ0n) is 13.4. The van der Waals surface area contributed by atoms with Gasteiger partial charge < -0.3 is 9.64 Å². The van der Waals surface area contributed by atoms with Crippen molar-refractivity contribution in [2.75, 3.05) is 23.3 Å². The number of aryl methyl sites for hydroxylation is 1. The molecular formula is C17H18N2O4S. The van der Waals surface area contributed by atoms with Crippen molar-refractivity contribution < 1.29 is 17.9 Å². The minimum absolute atomic E-state index is 0.0440. The fourth-order valence-corrected chi connectivity index (χ4v) is 3.52. The Morgan fingerprint density at radius 3 is 2.54 bits per heavy atom. The number of carbonyl (C=O) groups is 1. The molecule has 6 nitrogen and oxygen atoms in total. The highest BCUT2D eigenvalue weighted by Crippen LogP contribution is 2.33. The van der Waals surface area contributed by atoms with Gasteiger partial charge in [-0.05, 0) is 42.3 Å². The number of anilines is 2. The molecule has 0 spiro atoms. The van der Waals surface area contributed by atoms with Gasteiger partial charge in [-0.3, -0.25) is 9.52 Å². The average molecular weight is 346 g/mol. The number of amides is 1. The van der Waals surface area contributed by atoms with Crippen molar-refractivity contribution in [3.05, 3.63) is 48.0 Å². The molecule has 0 fully saturated rings. The van der Waals surface area contributed by atoms with Crippen LogP contribution in [0.5, 0.6) is 5.75 Å². The second-order valence-electron chi connectivity index (χ2n) is 5.53. The largest absolute Gasteiger partial charge is 0.482 e. The number of nitrogens with zero attached hydrogens (tertiary/aromatic N) is 1. The van der Waals surface area contributed by atoms with Crippen LogP contribution in [0.4, 0.5) is 11.4 Å². The number of fused-ring (bicyclic) bond motifs is 1. The van der Waals surface area contributed by atoms with E-state index in [4.69, 9.17) is 4.74 Å². The summed E-state index contributed by atoms with van der Waals surface area (Å²) in [5.74, 6) is 0.267. The first kappa shape index (κ1) is 16.3. The molecule has 24 heavy (non-hydrogen) atoms. The normalized spacial score (nSPS) is 14.1. The van der Waals surface area contributed by atoms with Gasteiger partial charge in [0.2, 0.25) is 0 Å². The molecule has 0 aliphatic carbocycles. The number of nitrogens with one attached hydrogen (secondary N) is 1. The Morgan fingerprint density at radius 1 is 1.17 bits per heavy atom. The van der Waals surface area contributed by atoms with E-state index in [-0.39, 0.29) is 17.4 Å². The van der Waals surface area contributed by atoms with Crippen molar-refractivity contribution in [3.8, 4) is 5.75 Å². The van der Waals surface area contributed by atoms with Crippen LogP contribution in [0.2, 0.25) is 0 Å². The topological polar surface area (TPSA) is 75.7 Å². The Hall–Kier alpha value is -2.54. The highest BCUT2D eigenvalue weighted by molar-refractivity contribution is 7.92. The van der Waals surface area contributed by atoms with Gasteiger partial charge in [0.25, 0.3) is 15.9 Å². The Labute approximate surface area is 141 Å². The fraction of sp³-hybridized carbons (Fsp3) is 0.235. The van der Waals surface area contributed by atoms with Crippen LogP contribution in [0.25, 0.3) is 0 Å². The van der Waals surface area contributed by atoms with E-state index in [1.807, 2.05) is 19.1 Å². The smallest absolute Gasteiger partial charge is 0.264 e. The molecule has 7 heteroatoms. The molecular weight excluding hydrogens is 328 g/mol. The standard InChI is InChI=1S/C17H18N2O4S/c1-3-12-4-6-13(7-5-12)18-24(21,22)14-8-9-16-15(10-14)19(2)17(20)11-23-16/h4-10,18H,3,11H2,1-2H3. The summed E-state index contributed by atoms with van der Waals surface area (Å²) in [6, 6.07) is 11.7. The Kier molecular flexibility index (Phi) is 4.19. The van der Waals surface area contributed by atoms with Crippen LogP contribution in [0.1, 0.15) is 12.5 Å². The molecule has 1 amide bonds. The van der Waals surface area contributed by atoms with Crippen molar-refractivity contribution in [1.82, 2.24) is 0 Å². The Bertz CT molecular complexity index is 876. The molecule has 0 atom stereocenters. The van der Waals surface area contributed by atoms with E-state index in [9.17, 15) is 13.2 Å². The van der Waals surface area contributed by atoms with E-state index in [1.54, 1.807) is 25.2 Å². The molecule has 0 radical (unpaired) electrons. The van der Waals surface area contributed by atoms with Crippen LogP contribution >= 0.6 is 0 Å². The molecule has 0 unspecified atom stereocenters. The molecule has 1 heterocycles. The van der Waals surface area contributed by atoms with Gasteiger partial charge >= 0.3 is 0 Å². The number of likely N-dealkylation sites (N-methyl/N-ethyl adjacent to an activating group) is 1. The van der Waals surface area contributed by atoms with E-state index in [1.165, 1.54) is 17.0 Å². The number of benzene rings is 2. The minimum Gasteiger partial charge on any atom is -0.482 e. The first-order chi connectivity index (χ1) is 11.4. The lowest BCUT2D eigenvalue weighted by Gasteiger charge is -2.26. The number of ether oxygens (including phenoxy) is 1. The van der Waals surface area contributed by atoms with Crippen molar-refractivity contribution in [1.29, 1.82) is 0 Å². The summed E-state index contributed by atoms with van der Waals surface area (Å²) < 4.78 is 33.0. The van der Waals surface area contributed by atoms with E-state index < -0.39 is 10.0 Å². The first-order valence-corrected chi connectivity index (χ1v) is 9.04. The van der Waals surface area contributed by atoms with Crippen LogP contribution in [0.15, 0.2) is 47.4 Å². The lowest BCUT2D eigenvalue weighted by Crippen LogP contribution is -2.35. The molecule has 3 rings (SSSR count). The maximum atomic E-state index is 12.6. The Balaban J connectivity index is 1.91. The second-order valence-corrected chi connectivity index (χ2v) is 7.21. The predicted molar refractivity (Wildman–Crippen MR) is 92.0 cm³/mol. The highest BCUT2D eigenvalue weighted by atomic mass is 32.2. The highest BCUT2D eigenvalue weighted by Gasteiger charge is 2.25. The number of hydrogen-bond acceptors (Lipinski definition) is 4. The number of sulfonamides is 1. The van der Waals surface area contributed by atoms with Gasteiger partial charge in [0.05, 0.1) is 10.6 Å². The maximum Gasteiger partial charge on any atom is 0.264 e. The van der Waals surface area contributed by atoms with E-state index in [0.717, 1.165) is 12.0 Å². The summed E-state index contributed by atoms with van der Waals surface area (Å²) in [6.45, 7) is 1.99. The van der Waals surface area contributed by atoms with Crippen molar-refractivity contribution >= 4 is 27.3 Å². The van der Waals surface area contributed by atoms with Crippen LogP contribution in [0.3, 0.4) is 0 Å². The fourth-order valence-electron chi connectivity index (χ4n) is 2.44. The van der Waals surface area contributed by atoms with Gasteiger partial charge in [-0.1, -0.05) is 19.1 Å². The average Bonchev–Trinajstić information content (AvgIpc) is 2.58. The van der Waals surface area contributed by atoms with Crippen LogP contribution in [0, 0.1) is 0 Å². The quantitative estimate of drug-likeness (QED) is 0.922. The molecule has 126 valence electrons. The van der Waals surface area contributed by atoms with Crippen molar-refractivity contribution in [3.63, 3.8) is 0 Å². The van der Waals surface area contributed by atoms with Crippen LogP contribution in [-0.2, 0) is 21.2 Å². The first-order valence-electron chi connectivity index (χ1n) is 7.56. The van der Waals surface area contributed by atoms with Gasteiger partial charge in [-0.2, -0.15) is 0 Å². The van der Waals surface area contributed by atoms with E-state index in [2.05, 4.69) is 4.72 Å². The Morgan fingerprint density at radius 2 is 1.88 bits per heavy atom. The monoisotopic (exact) mass is 346 g/mol. The zero-order chi connectivity index (χ0) is 17.3. The summed E-state index contributed by atoms with van der Waals surface area (Å²) in [7, 11) is -2.16. The molecule has 0 saturated carbocycles. The van der Waals surface area contributed by atoms with Gasteiger partial charge in [0.1, 0.15) is 5.75 Å². The molecule has 1 aliphatic heterocycles. The third-order valence-electron chi connectivity index (χ3n) is 3.94. The van der Waals surface area contributed by atoms with Gasteiger partial charge in [-0.25, -0.2) is 8.42 Å². The minimum atomic E-state index is -3.75. The number of carbonyl (C=O) groups excluding carboxylic acids is 1. The number of rotatable bonds is 4. The summed E-state index contributed by atoms with van der Waals surface area (Å²) in [6.07, 6.45) is 0.887. The van der Waals surface area contributed by atoms with E-state index in [0.29, 0.717) is 17.1 Å². The molecule has 2 aromatic carbocycles. The predicted octanol–water partition coefficient (Wildman–Crippen LogP) is 2.41. The lowest BCUT2D eigenvalue weighted by molar-refractivity contribution is -0.120. The van der Waals surface area contributed by atoms with Gasteiger partial charge in [0, 0.05) is 12.7 Å². The molecule has 2 aromatic rings. The van der Waals surface area contributed by atoms with E-state index >= 15 is 0 Å². The summed E-state index contributed by atoms with van der Waals surface area (Å²) in [5.41, 5.74) is 2.06. The van der Waals surface area contributed by atoms with Crippen molar-refractivity contribution in [2.45, 2.75) is 18.2 Å². The zero-order valence-corrected chi connectivity index (χ0v) is 14.3. The molecule has 1 aliphatic rings. The SMILES string of the molecule is CCc1ccc(NS(=O)(=O)c2ccc3c(c2)N(C)C(=O)CO3)cc1. The summed E-state index contributed by atoms with van der Waals surface area (Å²) in [4.78, 5) is 13.2. The third kappa shape index (κ3) is 3.07. The molecule has 1 N–H and O–H groups in total. The molecule has 0 saturated heterocycles. The summed E-state index contributed by atoms with van der Waals surface area (Å²) in [5, 5.41) is 0. The summed E-state index contributed by atoms with van der Waals surface area (Å²) >= 11 is 0. The van der Waals surface area contributed by atoms with Gasteiger partial charge in [-0.15, -0.1) is 0 Å². The molecule has 0 bridgehead atoms. The lowest BCUT2D eigenvalue weighted by atomic mass is 10.2. The van der Waals surface area contributed by atoms with Crippen LogP contribution < -0.4 is 14.4 Å².